The Balaban J connectivity index is 2.30. The lowest BCUT2D eigenvalue weighted by Crippen LogP contribution is -2.12. The van der Waals surface area contributed by atoms with Crippen LogP contribution in [-0.2, 0) is 16.6 Å². The molecule has 2 rings (SSSR count). The number of anilines is 1. The molecule has 0 unspecified atom stereocenters. The van der Waals surface area contributed by atoms with Crippen LogP contribution >= 0.6 is 27.3 Å². The zero-order chi connectivity index (χ0) is 14.8. The number of ether oxygens (including phenoxy) is 1. The van der Waals surface area contributed by atoms with Gasteiger partial charge in [-0.25, -0.2) is 8.42 Å². The standard InChI is InChI=1S/C12H13BrN2O3S2/c1-18-10-3-8(13)2-9(4-10)15-20(16,17)12-5-11(6-14)19-7-12/h2-5,7,15H,6,14H2,1H3. The maximum absolute atomic E-state index is 12.2. The van der Waals surface area contributed by atoms with Gasteiger partial charge in [0.15, 0.2) is 0 Å². The van der Waals surface area contributed by atoms with Crippen molar-refractivity contribution < 1.29 is 13.2 Å². The third-order valence-electron chi connectivity index (χ3n) is 2.50. The predicted molar refractivity (Wildman–Crippen MR) is 83.7 cm³/mol. The SMILES string of the molecule is COc1cc(Br)cc(NS(=O)(=O)c2csc(CN)c2)c1. The van der Waals surface area contributed by atoms with Gasteiger partial charge in [-0.3, -0.25) is 4.72 Å². The van der Waals surface area contributed by atoms with E-state index in [-0.39, 0.29) is 4.90 Å². The summed E-state index contributed by atoms with van der Waals surface area (Å²) >= 11 is 4.62. The van der Waals surface area contributed by atoms with Crippen molar-refractivity contribution in [1.82, 2.24) is 0 Å². The molecular formula is C12H13BrN2O3S2. The first-order chi connectivity index (χ1) is 9.44. The van der Waals surface area contributed by atoms with Crippen molar-refractivity contribution in [3.63, 3.8) is 0 Å². The summed E-state index contributed by atoms with van der Waals surface area (Å²) in [5, 5.41) is 1.57. The highest BCUT2D eigenvalue weighted by Gasteiger charge is 2.16. The Morgan fingerprint density at radius 1 is 1.35 bits per heavy atom. The highest BCUT2D eigenvalue weighted by Crippen LogP contribution is 2.27. The van der Waals surface area contributed by atoms with E-state index in [1.807, 2.05) is 0 Å². The van der Waals surface area contributed by atoms with Gasteiger partial charge in [-0.2, -0.15) is 0 Å². The molecule has 0 fully saturated rings. The van der Waals surface area contributed by atoms with Crippen molar-refractivity contribution in [2.45, 2.75) is 11.4 Å². The van der Waals surface area contributed by atoms with E-state index >= 15 is 0 Å². The smallest absolute Gasteiger partial charge is 0.262 e. The van der Waals surface area contributed by atoms with E-state index in [2.05, 4.69) is 20.7 Å². The molecule has 8 heteroatoms. The molecule has 0 aliphatic heterocycles. The molecule has 0 radical (unpaired) electrons. The van der Waals surface area contributed by atoms with Crippen molar-refractivity contribution in [3.05, 3.63) is 39.0 Å². The number of benzene rings is 1. The highest BCUT2D eigenvalue weighted by molar-refractivity contribution is 9.10. The average Bonchev–Trinajstić information content (AvgIpc) is 2.87. The quantitative estimate of drug-likeness (QED) is 0.840. The van der Waals surface area contributed by atoms with Crippen LogP contribution < -0.4 is 15.2 Å². The molecule has 1 heterocycles. The van der Waals surface area contributed by atoms with E-state index in [1.165, 1.54) is 18.4 Å². The molecule has 3 N–H and O–H groups in total. The van der Waals surface area contributed by atoms with Gasteiger partial charge in [0, 0.05) is 27.3 Å². The Labute approximate surface area is 129 Å². The number of thiophene rings is 1. The summed E-state index contributed by atoms with van der Waals surface area (Å²) in [5.41, 5.74) is 5.92. The van der Waals surface area contributed by atoms with Crippen molar-refractivity contribution in [3.8, 4) is 5.75 Å². The molecular weight excluding hydrogens is 364 g/mol. The summed E-state index contributed by atoms with van der Waals surface area (Å²) in [7, 11) is -2.10. The number of hydrogen-bond donors (Lipinski definition) is 2. The first-order valence-corrected chi connectivity index (χ1v) is 8.75. The van der Waals surface area contributed by atoms with Crippen molar-refractivity contribution in [1.29, 1.82) is 0 Å². The molecule has 0 aliphatic carbocycles. The number of nitrogens with one attached hydrogen (secondary N) is 1. The molecule has 5 nitrogen and oxygen atoms in total. The van der Waals surface area contributed by atoms with Gasteiger partial charge in [-0.05, 0) is 18.2 Å². The normalized spacial score (nSPS) is 11.3. The Bertz CT molecular complexity index is 713. The van der Waals surface area contributed by atoms with Crippen molar-refractivity contribution >= 4 is 43.0 Å². The van der Waals surface area contributed by atoms with E-state index in [4.69, 9.17) is 10.5 Å². The summed E-state index contributed by atoms with van der Waals surface area (Å²) < 4.78 is 32.8. The molecule has 0 aliphatic rings. The fraction of sp³-hybridized carbons (Fsp3) is 0.167. The first-order valence-electron chi connectivity index (χ1n) is 5.59. The molecule has 0 amide bonds. The van der Waals surface area contributed by atoms with Crippen molar-refractivity contribution in [2.75, 3.05) is 11.8 Å². The second-order valence-electron chi connectivity index (χ2n) is 3.94. The van der Waals surface area contributed by atoms with Crippen LogP contribution in [0.15, 0.2) is 39.0 Å². The topological polar surface area (TPSA) is 81.4 Å². The Kier molecular flexibility index (Phi) is 4.69. The minimum atomic E-state index is -3.62. The van der Waals surface area contributed by atoms with Gasteiger partial charge < -0.3 is 10.5 Å². The lowest BCUT2D eigenvalue weighted by molar-refractivity contribution is 0.415. The third-order valence-corrected chi connectivity index (χ3v) is 5.43. The molecule has 0 spiro atoms. The van der Waals surface area contributed by atoms with E-state index in [0.29, 0.717) is 18.0 Å². The summed E-state index contributed by atoms with van der Waals surface area (Å²) in [4.78, 5) is 1.03. The van der Waals surface area contributed by atoms with Gasteiger partial charge in [-0.15, -0.1) is 11.3 Å². The lowest BCUT2D eigenvalue weighted by atomic mass is 10.3. The summed E-state index contributed by atoms with van der Waals surface area (Å²) in [6, 6.07) is 6.59. The van der Waals surface area contributed by atoms with Gasteiger partial charge >= 0.3 is 0 Å². The number of sulfonamides is 1. The molecule has 0 saturated heterocycles. The van der Waals surface area contributed by atoms with Crippen LogP contribution in [0.2, 0.25) is 0 Å². The van der Waals surface area contributed by atoms with Crippen molar-refractivity contribution in [2.24, 2.45) is 5.73 Å². The monoisotopic (exact) mass is 376 g/mol. The molecule has 1 aromatic heterocycles. The number of methoxy groups -OCH3 is 1. The molecule has 20 heavy (non-hydrogen) atoms. The number of hydrogen-bond acceptors (Lipinski definition) is 5. The van der Waals surface area contributed by atoms with Crippen LogP contribution in [0.4, 0.5) is 5.69 Å². The van der Waals surface area contributed by atoms with E-state index < -0.39 is 10.0 Å². The fourth-order valence-electron chi connectivity index (χ4n) is 1.56. The largest absolute Gasteiger partial charge is 0.497 e. The first kappa shape index (κ1) is 15.3. The van der Waals surface area contributed by atoms with Gasteiger partial charge in [0.25, 0.3) is 10.0 Å². The third kappa shape index (κ3) is 3.51. The second-order valence-corrected chi connectivity index (χ2v) is 7.53. The minimum Gasteiger partial charge on any atom is -0.497 e. The van der Waals surface area contributed by atoms with Crippen LogP contribution in [0.5, 0.6) is 5.75 Å². The van der Waals surface area contributed by atoms with Gasteiger partial charge in [0.1, 0.15) is 5.75 Å². The fourth-order valence-corrected chi connectivity index (χ4v) is 4.23. The van der Waals surface area contributed by atoms with E-state index in [1.54, 1.807) is 29.6 Å². The average molecular weight is 377 g/mol. The summed E-state index contributed by atoms with van der Waals surface area (Å²) in [6.45, 7) is 0.324. The van der Waals surface area contributed by atoms with Crippen LogP contribution in [0.3, 0.4) is 0 Å². The zero-order valence-corrected chi connectivity index (χ0v) is 13.8. The van der Waals surface area contributed by atoms with E-state index in [0.717, 1.165) is 9.35 Å². The van der Waals surface area contributed by atoms with E-state index in [9.17, 15) is 8.42 Å². The predicted octanol–water partition coefficient (Wildman–Crippen LogP) is 2.78. The van der Waals surface area contributed by atoms with Crippen LogP contribution in [0.25, 0.3) is 0 Å². The molecule has 0 saturated carbocycles. The van der Waals surface area contributed by atoms with Crippen LogP contribution in [0, 0.1) is 0 Å². The lowest BCUT2D eigenvalue weighted by Gasteiger charge is -2.09. The second kappa shape index (κ2) is 6.13. The van der Waals surface area contributed by atoms with Gasteiger partial charge in [0.2, 0.25) is 0 Å². The Hall–Kier alpha value is -1.09. The molecule has 0 atom stereocenters. The molecule has 0 bridgehead atoms. The van der Waals surface area contributed by atoms with Crippen LogP contribution in [-0.4, -0.2) is 15.5 Å². The number of rotatable bonds is 5. The highest BCUT2D eigenvalue weighted by atomic mass is 79.9. The zero-order valence-electron chi connectivity index (χ0n) is 10.6. The Morgan fingerprint density at radius 3 is 2.70 bits per heavy atom. The summed E-state index contributed by atoms with van der Waals surface area (Å²) in [6.07, 6.45) is 0. The number of halogens is 1. The Morgan fingerprint density at radius 2 is 2.10 bits per heavy atom. The molecule has 108 valence electrons. The molecule has 2 aromatic rings. The minimum absolute atomic E-state index is 0.210. The maximum Gasteiger partial charge on any atom is 0.262 e. The van der Waals surface area contributed by atoms with Crippen LogP contribution in [0.1, 0.15) is 4.88 Å². The number of nitrogens with two attached hydrogens (primary N) is 1. The summed E-state index contributed by atoms with van der Waals surface area (Å²) in [5.74, 6) is 0.560. The van der Waals surface area contributed by atoms with Gasteiger partial charge in [0.05, 0.1) is 17.7 Å². The maximum atomic E-state index is 12.2. The van der Waals surface area contributed by atoms with Gasteiger partial charge in [-0.1, -0.05) is 15.9 Å². The molecule has 1 aromatic carbocycles.